The number of rotatable bonds is 7. The molecule has 2 aromatic carbocycles. The van der Waals surface area contributed by atoms with Crippen LogP contribution < -0.4 is 10.1 Å². The molecule has 0 bridgehead atoms. The highest BCUT2D eigenvalue weighted by Gasteiger charge is 2.14. The van der Waals surface area contributed by atoms with Crippen LogP contribution in [0, 0.1) is 21.9 Å². The number of hydrogen-bond acceptors (Lipinski definition) is 7. The molecule has 3 rings (SSSR count). The Morgan fingerprint density at radius 1 is 1.32 bits per heavy atom. The minimum Gasteiger partial charge on any atom is -0.484 e. The molecule has 144 valence electrons. The highest BCUT2D eigenvalue weighted by molar-refractivity contribution is 7.71. The molecule has 1 aromatic heterocycles. The number of nitrogens with one attached hydrogen (secondary N) is 1. The molecule has 0 saturated heterocycles. The Bertz CT molecular complexity index is 1060. The zero-order valence-electron chi connectivity index (χ0n) is 14.8. The van der Waals surface area contributed by atoms with E-state index in [4.69, 9.17) is 21.4 Å². The van der Waals surface area contributed by atoms with Gasteiger partial charge in [-0.1, -0.05) is 24.3 Å². The normalized spacial score (nSPS) is 10.5. The fraction of sp³-hybridized carbons (Fsp3) is 0.167. The highest BCUT2D eigenvalue weighted by atomic mass is 32.1. The monoisotopic (exact) mass is 400 g/mol. The summed E-state index contributed by atoms with van der Waals surface area (Å²) < 4.78 is 12.1. The molecule has 0 atom stereocenters. The number of nitrogens with zero attached hydrogens (tertiary/aromatic N) is 3. The molecule has 3 aromatic rings. The van der Waals surface area contributed by atoms with Gasteiger partial charge in [-0.2, -0.15) is 0 Å². The number of nitro groups is 1. The molecule has 1 heterocycles. The average molecular weight is 400 g/mol. The first-order valence-corrected chi connectivity index (χ1v) is 8.63. The summed E-state index contributed by atoms with van der Waals surface area (Å²) in [6.07, 6.45) is 0. The maximum absolute atomic E-state index is 12.2. The van der Waals surface area contributed by atoms with Gasteiger partial charge in [0.05, 0.1) is 4.92 Å². The lowest BCUT2D eigenvalue weighted by molar-refractivity contribution is -0.385. The minimum atomic E-state index is -0.502. The first-order valence-electron chi connectivity index (χ1n) is 8.22. The summed E-state index contributed by atoms with van der Waals surface area (Å²) >= 11 is 5.07. The molecule has 10 heteroatoms. The Morgan fingerprint density at radius 2 is 2.07 bits per heavy atom. The van der Waals surface area contributed by atoms with Crippen LogP contribution in [0.25, 0.3) is 0 Å². The van der Waals surface area contributed by atoms with Crippen LogP contribution in [0.2, 0.25) is 0 Å². The SMILES string of the molecule is Cc1ccc(NC(=O)Cn2nc(COc3ccccc3)oc2=S)cc1[N+](=O)[O-]. The van der Waals surface area contributed by atoms with E-state index in [2.05, 4.69) is 10.4 Å². The molecule has 9 nitrogen and oxygen atoms in total. The molecule has 0 fully saturated rings. The van der Waals surface area contributed by atoms with Gasteiger partial charge in [0.1, 0.15) is 12.3 Å². The van der Waals surface area contributed by atoms with Crippen molar-refractivity contribution in [2.45, 2.75) is 20.1 Å². The van der Waals surface area contributed by atoms with Crippen molar-refractivity contribution < 1.29 is 18.9 Å². The fourth-order valence-electron chi connectivity index (χ4n) is 2.39. The summed E-state index contributed by atoms with van der Waals surface area (Å²) in [5.74, 6) is 0.433. The summed E-state index contributed by atoms with van der Waals surface area (Å²) in [4.78, 5) is 22.8. The molecule has 0 radical (unpaired) electrons. The van der Waals surface area contributed by atoms with Gasteiger partial charge in [0.2, 0.25) is 5.91 Å². The van der Waals surface area contributed by atoms with Crippen LogP contribution in [-0.4, -0.2) is 20.6 Å². The van der Waals surface area contributed by atoms with Crippen molar-refractivity contribution in [1.29, 1.82) is 0 Å². The first-order chi connectivity index (χ1) is 13.4. The Balaban J connectivity index is 1.63. The van der Waals surface area contributed by atoms with Gasteiger partial charge < -0.3 is 14.5 Å². The zero-order valence-corrected chi connectivity index (χ0v) is 15.6. The van der Waals surface area contributed by atoms with E-state index < -0.39 is 10.8 Å². The number of aromatic nitrogens is 2. The number of amides is 1. The Hall–Kier alpha value is -3.53. The second-order valence-electron chi connectivity index (χ2n) is 5.83. The summed E-state index contributed by atoms with van der Waals surface area (Å²) in [7, 11) is 0. The lowest BCUT2D eigenvalue weighted by atomic mass is 10.2. The number of para-hydroxylation sites is 1. The van der Waals surface area contributed by atoms with Crippen molar-refractivity contribution in [1.82, 2.24) is 9.78 Å². The smallest absolute Gasteiger partial charge is 0.287 e. The van der Waals surface area contributed by atoms with Crippen LogP contribution >= 0.6 is 12.2 Å². The quantitative estimate of drug-likeness (QED) is 0.366. The van der Waals surface area contributed by atoms with E-state index in [1.807, 2.05) is 18.2 Å². The van der Waals surface area contributed by atoms with Crippen LogP contribution in [-0.2, 0) is 17.9 Å². The van der Waals surface area contributed by atoms with Gasteiger partial charge in [-0.05, 0) is 37.3 Å². The number of nitro benzene ring substituents is 1. The van der Waals surface area contributed by atoms with Crippen LogP contribution in [0.1, 0.15) is 11.5 Å². The van der Waals surface area contributed by atoms with Gasteiger partial charge >= 0.3 is 0 Å². The fourth-order valence-corrected chi connectivity index (χ4v) is 2.59. The van der Waals surface area contributed by atoms with E-state index in [0.717, 1.165) is 0 Å². The molecule has 0 aliphatic rings. The third-order valence-corrected chi connectivity index (χ3v) is 4.03. The van der Waals surface area contributed by atoms with Crippen molar-refractivity contribution in [2.24, 2.45) is 0 Å². The van der Waals surface area contributed by atoms with E-state index >= 15 is 0 Å². The molecule has 1 amide bonds. The number of hydrogen-bond donors (Lipinski definition) is 1. The van der Waals surface area contributed by atoms with E-state index in [1.54, 1.807) is 31.2 Å². The molecule has 28 heavy (non-hydrogen) atoms. The van der Waals surface area contributed by atoms with Crippen molar-refractivity contribution in [3.8, 4) is 5.75 Å². The molecule has 0 aliphatic heterocycles. The number of carbonyl (C=O) groups excluding carboxylic acids is 1. The van der Waals surface area contributed by atoms with Crippen molar-refractivity contribution in [2.75, 3.05) is 5.32 Å². The van der Waals surface area contributed by atoms with Crippen LogP contribution in [0.4, 0.5) is 11.4 Å². The first kappa shape index (κ1) is 19.2. The molecular formula is C18H16N4O5S. The highest BCUT2D eigenvalue weighted by Crippen LogP contribution is 2.22. The summed E-state index contributed by atoms with van der Waals surface area (Å²) in [5, 5.41) is 17.7. The van der Waals surface area contributed by atoms with Crippen LogP contribution in [0.15, 0.2) is 52.9 Å². The van der Waals surface area contributed by atoms with Gasteiger partial charge in [-0.25, -0.2) is 4.68 Å². The summed E-state index contributed by atoms with van der Waals surface area (Å²) in [5.41, 5.74) is 0.742. The maximum Gasteiger partial charge on any atom is 0.287 e. The molecule has 0 spiro atoms. The van der Waals surface area contributed by atoms with Gasteiger partial charge in [-0.15, -0.1) is 5.10 Å². The van der Waals surface area contributed by atoms with E-state index in [0.29, 0.717) is 17.0 Å². The molecule has 0 aliphatic carbocycles. The predicted octanol–water partition coefficient (Wildman–Crippen LogP) is 3.64. The third-order valence-electron chi connectivity index (χ3n) is 3.74. The Labute approximate surface area is 164 Å². The van der Waals surface area contributed by atoms with Crippen LogP contribution in [0.5, 0.6) is 5.75 Å². The molecule has 0 unspecified atom stereocenters. The predicted molar refractivity (Wildman–Crippen MR) is 103 cm³/mol. The van der Waals surface area contributed by atoms with Gasteiger partial charge in [-0.3, -0.25) is 14.9 Å². The van der Waals surface area contributed by atoms with Crippen molar-refractivity contribution >= 4 is 29.5 Å². The number of aryl methyl sites for hydroxylation is 1. The maximum atomic E-state index is 12.2. The van der Waals surface area contributed by atoms with E-state index in [1.165, 1.54) is 10.7 Å². The molecule has 0 saturated carbocycles. The van der Waals surface area contributed by atoms with Crippen molar-refractivity contribution in [3.05, 3.63) is 74.9 Å². The van der Waals surface area contributed by atoms with Crippen LogP contribution in [0.3, 0.4) is 0 Å². The Kier molecular flexibility index (Phi) is 5.80. The van der Waals surface area contributed by atoms with Crippen molar-refractivity contribution in [3.63, 3.8) is 0 Å². The van der Waals surface area contributed by atoms with Gasteiger partial charge in [0.15, 0.2) is 6.61 Å². The standard InChI is InChI=1S/C18H16N4O5S/c1-12-7-8-13(9-15(12)22(24)25)19-16(23)10-21-18(28)27-17(20-21)11-26-14-5-3-2-4-6-14/h2-9H,10-11H2,1H3,(H,19,23). The lowest BCUT2D eigenvalue weighted by Gasteiger charge is -2.06. The van der Waals surface area contributed by atoms with Gasteiger partial charge in [0.25, 0.3) is 16.4 Å². The largest absolute Gasteiger partial charge is 0.484 e. The zero-order chi connectivity index (χ0) is 20.1. The number of anilines is 1. The topological polar surface area (TPSA) is 112 Å². The number of carbonyl (C=O) groups is 1. The number of benzene rings is 2. The second-order valence-corrected chi connectivity index (χ2v) is 6.18. The lowest BCUT2D eigenvalue weighted by Crippen LogP contribution is -2.20. The Morgan fingerprint density at radius 3 is 2.79 bits per heavy atom. The second kappa shape index (κ2) is 8.44. The van der Waals surface area contributed by atoms with E-state index in [9.17, 15) is 14.9 Å². The summed E-state index contributed by atoms with van der Waals surface area (Å²) in [6, 6.07) is 13.6. The minimum absolute atomic E-state index is 0.0247. The van der Waals surface area contributed by atoms with Gasteiger partial charge in [0, 0.05) is 17.3 Å². The van der Waals surface area contributed by atoms with E-state index in [-0.39, 0.29) is 29.6 Å². The average Bonchev–Trinajstić information content (AvgIpc) is 3.01. The molecule has 1 N–H and O–H groups in total. The molecular weight excluding hydrogens is 384 g/mol. The summed E-state index contributed by atoms with van der Waals surface area (Å²) in [6.45, 7) is 1.49. The number of ether oxygens (including phenoxy) is 1. The third kappa shape index (κ3) is 4.80.